The number of hydrogen-bond donors (Lipinski definition) is 2. The maximum absolute atomic E-state index is 14.2. The van der Waals surface area contributed by atoms with Gasteiger partial charge in [0, 0.05) is 23.9 Å². The molecular formula is C16H17F2N3. The Morgan fingerprint density at radius 2 is 1.81 bits per heavy atom. The van der Waals surface area contributed by atoms with Crippen LogP contribution in [0.3, 0.4) is 0 Å². The smallest absolute Gasteiger partial charge is 0.290 e. The van der Waals surface area contributed by atoms with Gasteiger partial charge in [-0.3, -0.25) is 5.41 Å². The zero-order valence-electron chi connectivity index (χ0n) is 11.7. The summed E-state index contributed by atoms with van der Waals surface area (Å²) in [7, 11) is 1.59. The van der Waals surface area contributed by atoms with E-state index in [1.165, 1.54) is 17.0 Å². The lowest BCUT2D eigenvalue weighted by molar-refractivity contribution is 0.00500. The molecule has 0 aliphatic heterocycles. The zero-order chi connectivity index (χ0) is 15.5. The first-order valence-electron chi connectivity index (χ1n) is 6.49. The zero-order valence-corrected chi connectivity index (χ0v) is 11.7. The first-order chi connectivity index (χ1) is 9.90. The number of nitrogens with two attached hydrogens (primary N) is 1. The van der Waals surface area contributed by atoms with Gasteiger partial charge in [0.1, 0.15) is 5.84 Å². The Kier molecular flexibility index (Phi) is 4.21. The van der Waals surface area contributed by atoms with E-state index in [1.54, 1.807) is 49.5 Å². The molecule has 0 amide bonds. The largest absolute Gasteiger partial charge is 0.384 e. The van der Waals surface area contributed by atoms with Crippen molar-refractivity contribution in [3.63, 3.8) is 0 Å². The lowest BCUT2D eigenvalue weighted by atomic mass is 10.1. The van der Waals surface area contributed by atoms with Crippen molar-refractivity contribution < 1.29 is 8.78 Å². The molecule has 3 nitrogen and oxygen atoms in total. The first-order valence-corrected chi connectivity index (χ1v) is 6.49. The molecule has 0 saturated carbocycles. The van der Waals surface area contributed by atoms with E-state index in [1.807, 2.05) is 0 Å². The predicted molar refractivity (Wildman–Crippen MR) is 81.1 cm³/mol. The molecule has 0 aliphatic rings. The second-order valence-corrected chi connectivity index (χ2v) is 4.89. The van der Waals surface area contributed by atoms with Crippen LogP contribution in [-0.4, -0.2) is 19.4 Å². The van der Waals surface area contributed by atoms with Crippen molar-refractivity contribution in [2.75, 3.05) is 18.5 Å². The van der Waals surface area contributed by atoms with Crippen LogP contribution >= 0.6 is 0 Å². The minimum Gasteiger partial charge on any atom is -0.384 e. The molecule has 0 saturated heterocycles. The van der Waals surface area contributed by atoms with Crippen molar-refractivity contribution >= 4 is 11.5 Å². The van der Waals surface area contributed by atoms with Crippen LogP contribution in [-0.2, 0) is 5.92 Å². The summed E-state index contributed by atoms with van der Waals surface area (Å²) in [6.45, 7) is -0.446. The standard InChI is InChI=1S/C16H17F2N3/c1-21(14-9-5-6-12(10-14)15(19)20)11-16(17,18)13-7-3-2-4-8-13/h2-10H,11H2,1H3,(H3,19,20). The quantitative estimate of drug-likeness (QED) is 0.656. The molecule has 0 radical (unpaired) electrons. The molecule has 0 aromatic heterocycles. The van der Waals surface area contributed by atoms with E-state index in [-0.39, 0.29) is 11.4 Å². The molecule has 0 aliphatic carbocycles. The third kappa shape index (κ3) is 3.56. The Hall–Kier alpha value is -2.43. The normalized spacial score (nSPS) is 11.2. The van der Waals surface area contributed by atoms with E-state index in [0.717, 1.165) is 0 Å². The Morgan fingerprint density at radius 3 is 2.43 bits per heavy atom. The highest BCUT2D eigenvalue weighted by molar-refractivity contribution is 5.95. The van der Waals surface area contributed by atoms with Gasteiger partial charge in [-0.25, -0.2) is 0 Å². The number of likely N-dealkylation sites (N-methyl/N-ethyl adjacent to an activating group) is 1. The van der Waals surface area contributed by atoms with E-state index in [2.05, 4.69) is 0 Å². The second-order valence-electron chi connectivity index (χ2n) is 4.89. The minimum atomic E-state index is -2.96. The molecule has 0 atom stereocenters. The van der Waals surface area contributed by atoms with Gasteiger partial charge in [0.15, 0.2) is 0 Å². The lowest BCUT2D eigenvalue weighted by Gasteiger charge is -2.26. The van der Waals surface area contributed by atoms with E-state index in [9.17, 15) is 8.78 Å². The molecule has 110 valence electrons. The number of halogens is 2. The molecular weight excluding hydrogens is 272 g/mol. The van der Waals surface area contributed by atoms with Gasteiger partial charge in [-0.15, -0.1) is 0 Å². The molecule has 0 bridgehead atoms. The highest BCUT2D eigenvalue weighted by Crippen LogP contribution is 2.30. The molecule has 5 heteroatoms. The van der Waals surface area contributed by atoms with Crippen molar-refractivity contribution in [3.05, 3.63) is 65.7 Å². The second kappa shape index (κ2) is 5.91. The fourth-order valence-corrected chi connectivity index (χ4v) is 2.07. The molecule has 2 aromatic rings. The molecule has 21 heavy (non-hydrogen) atoms. The maximum Gasteiger partial charge on any atom is 0.290 e. The van der Waals surface area contributed by atoms with Gasteiger partial charge in [0.25, 0.3) is 5.92 Å². The Morgan fingerprint density at radius 1 is 1.14 bits per heavy atom. The maximum atomic E-state index is 14.2. The number of hydrogen-bond acceptors (Lipinski definition) is 2. The number of anilines is 1. The van der Waals surface area contributed by atoms with Gasteiger partial charge in [0.2, 0.25) is 0 Å². The van der Waals surface area contributed by atoms with Crippen LogP contribution in [0.5, 0.6) is 0 Å². The van der Waals surface area contributed by atoms with Crippen LogP contribution in [0.15, 0.2) is 54.6 Å². The summed E-state index contributed by atoms with van der Waals surface area (Å²) in [5.74, 6) is -3.04. The average Bonchev–Trinajstić information content (AvgIpc) is 2.48. The highest BCUT2D eigenvalue weighted by Gasteiger charge is 2.32. The molecule has 0 unspecified atom stereocenters. The van der Waals surface area contributed by atoms with Gasteiger partial charge >= 0.3 is 0 Å². The van der Waals surface area contributed by atoms with E-state index in [4.69, 9.17) is 11.1 Å². The van der Waals surface area contributed by atoms with Crippen molar-refractivity contribution in [2.45, 2.75) is 5.92 Å². The number of amidine groups is 1. The number of nitrogen functional groups attached to an aromatic ring is 1. The van der Waals surface area contributed by atoms with Crippen LogP contribution < -0.4 is 10.6 Å². The number of nitrogens with zero attached hydrogens (tertiary/aromatic N) is 1. The van der Waals surface area contributed by atoms with Gasteiger partial charge in [-0.2, -0.15) is 8.78 Å². The van der Waals surface area contributed by atoms with Crippen molar-refractivity contribution in [3.8, 4) is 0 Å². The third-order valence-electron chi connectivity index (χ3n) is 3.23. The summed E-state index contributed by atoms with van der Waals surface area (Å²) in [6.07, 6.45) is 0. The van der Waals surface area contributed by atoms with Crippen molar-refractivity contribution in [2.24, 2.45) is 5.73 Å². The van der Waals surface area contributed by atoms with Gasteiger partial charge < -0.3 is 10.6 Å². The van der Waals surface area contributed by atoms with Gasteiger partial charge in [-0.1, -0.05) is 42.5 Å². The van der Waals surface area contributed by atoms with Gasteiger partial charge in [0.05, 0.1) is 6.54 Å². The average molecular weight is 289 g/mol. The van der Waals surface area contributed by atoms with Crippen molar-refractivity contribution in [1.29, 1.82) is 5.41 Å². The summed E-state index contributed by atoms with van der Waals surface area (Å²) in [4.78, 5) is 1.46. The topological polar surface area (TPSA) is 53.1 Å². The van der Waals surface area contributed by atoms with Gasteiger partial charge in [-0.05, 0) is 12.1 Å². The summed E-state index contributed by atoms with van der Waals surface area (Å²) < 4.78 is 28.5. The minimum absolute atomic E-state index is 0.0143. The molecule has 3 N–H and O–H groups in total. The number of benzene rings is 2. The van der Waals surface area contributed by atoms with Crippen LogP contribution in [0, 0.1) is 5.41 Å². The molecule has 2 aromatic carbocycles. The number of nitrogens with one attached hydrogen (secondary N) is 1. The summed E-state index contributed by atoms with van der Waals surface area (Å²) in [5, 5.41) is 7.40. The number of alkyl halides is 2. The predicted octanol–water partition coefficient (Wildman–Crippen LogP) is 3.20. The Labute approximate surface area is 122 Å². The first kappa shape index (κ1) is 15.0. The molecule has 0 fully saturated rings. The van der Waals surface area contributed by atoms with E-state index >= 15 is 0 Å². The highest BCUT2D eigenvalue weighted by atomic mass is 19.3. The number of rotatable bonds is 5. The van der Waals surface area contributed by atoms with Crippen LogP contribution in [0.25, 0.3) is 0 Å². The Balaban J connectivity index is 2.19. The third-order valence-corrected chi connectivity index (χ3v) is 3.23. The fourth-order valence-electron chi connectivity index (χ4n) is 2.07. The SMILES string of the molecule is CN(CC(F)(F)c1ccccc1)c1cccc(C(=N)N)c1. The molecule has 0 spiro atoms. The van der Waals surface area contributed by atoms with Crippen LogP contribution in [0.1, 0.15) is 11.1 Å². The molecule has 2 rings (SSSR count). The van der Waals surface area contributed by atoms with Crippen molar-refractivity contribution in [1.82, 2.24) is 0 Å². The Bertz CT molecular complexity index is 626. The lowest BCUT2D eigenvalue weighted by Crippen LogP contribution is -2.32. The summed E-state index contributed by atoms with van der Waals surface area (Å²) in [5.41, 5.74) is 6.52. The summed E-state index contributed by atoms with van der Waals surface area (Å²) >= 11 is 0. The van der Waals surface area contributed by atoms with E-state index < -0.39 is 12.5 Å². The van der Waals surface area contributed by atoms with Crippen LogP contribution in [0.4, 0.5) is 14.5 Å². The van der Waals surface area contributed by atoms with E-state index in [0.29, 0.717) is 11.3 Å². The van der Waals surface area contributed by atoms with Crippen LogP contribution in [0.2, 0.25) is 0 Å². The summed E-state index contributed by atoms with van der Waals surface area (Å²) in [6, 6.07) is 14.5. The monoisotopic (exact) mass is 289 g/mol. The fraction of sp³-hybridized carbons (Fsp3) is 0.188. The molecule has 0 heterocycles.